The van der Waals surface area contributed by atoms with Crippen LogP contribution >= 0.6 is 18.0 Å². The molecule has 0 aliphatic heterocycles. The molecule has 1 aromatic rings. The van der Waals surface area contributed by atoms with Crippen LogP contribution in [0, 0.1) is 17.8 Å². The number of rotatable bonds is 6. The SMILES string of the molecule is CCSP(=O)(O[C@@H]1C[C@H](C)CC[C@H]1C(C)C)c1ccccc1. The molecule has 1 aliphatic carbocycles. The summed E-state index contributed by atoms with van der Waals surface area (Å²) in [6, 6.07) is 9.75. The molecule has 1 unspecified atom stereocenters. The molecule has 0 radical (unpaired) electrons. The first-order chi connectivity index (χ1) is 10.5. The summed E-state index contributed by atoms with van der Waals surface area (Å²) in [7, 11) is 0. The lowest BCUT2D eigenvalue weighted by molar-refractivity contribution is 0.0527. The molecule has 0 aromatic heterocycles. The van der Waals surface area contributed by atoms with E-state index in [2.05, 4.69) is 20.8 Å². The van der Waals surface area contributed by atoms with E-state index in [1.54, 1.807) is 0 Å². The van der Waals surface area contributed by atoms with E-state index in [9.17, 15) is 4.57 Å². The summed E-state index contributed by atoms with van der Waals surface area (Å²) in [6.07, 6.45) is 3.60. The van der Waals surface area contributed by atoms with Gasteiger partial charge in [0.15, 0.2) is 0 Å². The first-order valence-electron chi connectivity index (χ1n) is 8.45. The fourth-order valence-electron chi connectivity index (χ4n) is 3.36. The largest absolute Gasteiger partial charge is 0.314 e. The Morgan fingerprint density at radius 1 is 1.27 bits per heavy atom. The molecule has 2 nitrogen and oxygen atoms in total. The van der Waals surface area contributed by atoms with Crippen molar-refractivity contribution < 1.29 is 9.09 Å². The van der Waals surface area contributed by atoms with Crippen LogP contribution in [0.2, 0.25) is 0 Å². The second kappa shape index (κ2) is 8.04. The summed E-state index contributed by atoms with van der Waals surface area (Å²) >= 11 is 1.47. The first-order valence-corrected chi connectivity index (χ1v) is 11.7. The van der Waals surface area contributed by atoms with Crippen LogP contribution in [0.5, 0.6) is 0 Å². The number of hydrogen-bond acceptors (Lipinski definition) is 3. The van der Waals surface area contributed by atoms with Crippen molar-refractivity contribution in [2.24, 2.45) is 17.8 Å². The molecule has 0 spiro atoms. The van der Waals surface area contributed by atoms with Gasteiger partial charge in [-0.15, -0.1) is 0 Å². The minimum absolute atomic E-state index is 0.119. The van der Waals surface area contributed by atoms with Gasteiger partial charge in [0.1, 0.15) is 0 Å². The third kappa shape index (κ3) is 4.40. The smallest absolute Gasteiger partial charge is 0.287 e. The maximum Gasteiger partial charge on any atom is 0.287 e. The van der Waals surface area contributed by atoms with Gasteiger partial charge in [0.05, 0.1) is 6.10 Å². The second-order valence-electron chi connectivity index (χ2n) is 6.72. The maximum absolute atomic E-state index is 13.5. The summed E-state index contributed by atoms with van der Waals surface area (Å²) in [4.78, 5) is 0. The molecule has 0 amide bonds. The topological polar surface area (TPSA) is 26.3 Å². The summed E-state index contributed by atoms with van der Waals surface area (Å²) in [5.41, 5.74) is 0. The molecule has 0 N–H and O–H groups in total. The predicted octanol–water partition coefficient (Wildman–Crippen LogP) is 5.74. The molecule has 4 heteroatoms. The van der Waals surface area contributed by atoms with Crippen LogP contribution in [0.25, 0.3) is 0 Å². The lowest BCUT2D eigenvalue weighted by Crippen LogP contribution is -2.34. The average molecular weight is 340 g/mol. The lowest BCUT2D eigenvalue weighted by atomic mass is 9.75. The molecule has 1 aromatic carbocycles. The van der Waals surface area contributed by atoms with Crippen LogP contribution in [0.1, 0.15) is 47.0 Å². The van der Waals surface area contributed by atoms with Gasteiger partial charge in [0.2, 0.25) is 0 Å². The minimum atomic E-state index is -2.83. The fraction of sp³-hybridized carbons (Fsp3) is 0.667. The van der Waals surface area contributed by atoms with Gasteiger partial charge in [-0.1, -0.05) is 63.7 Å². The van der Waals surface area contributed by atoms with Crippen molar-refractivity contribution in [1.82, 2.24) is 0 Å². The van der Waals surface area contributed by atoms with Crippen LogP contribution in [0.15, 0.2) is 30.3 Å². The molecule has 0 bridgehead atoms. The van der Waals surface area contributed by atoms with E-state index in [4.69, 9.17) is 4.52 Å². The van der Waals surface area contributed by atoms with Gasteiger partial charge in [0, 0.05) is 5.30 Å². The van der Waals surface area contributed by atoms with E-state index in [0.29, 0.717) is 17.8 Å². The van der Waals surface area contributed by atoms with Gasteiger partial charge in [-0.25, -0.2) is 0 Å². The third-order valence-corrected chi connectivity index (χ3v) is 9.37. The highest BCUT2D eigenvalue weighted by atomic mass is 32.7. The zero-order valence-corrected chi connectivity index (χ0v) is 15.9. The van der Waals surface area contributed by atoms with E-state index >= 15 is 0 Å². The highest BCUT2D eigenvalue weighted by Gasteiger charge is 2.37. The molecule has 22 heavy (non-hydrogen) atoms. The molecule has 4 atom stereocenters. The maximum atomic E-state index is 13.5. The Labute approximate surface area is 139 Å². The van der Waals surface area contributed by atoms with Gasteiger partial charge in [-0.2, -0.15) is 0 Å². The van der Waals surface area contributed by atoms with Crippen molar-refractivity contribution in [3.8, 4) is 0 Å². The lowest BCUT2D eigenvalue weighted by Gasteiger charge is -2.38. The van der Waals surface area contributed by atoms with Crippen molar-refractivity contribution in [1.29, 1.82) is 0 Å². The van der Waals surface area contributed by atoms with Crippen molar-refractivity contribution in [3.05, 3.63) is 30.3 Å². The Hall–Kier alpha value is -0.240. The predicted molar refractivity (Wildman–Crippen MR) is 98.0 cm³/mol. The molecule has 2 rings (SSSR count). The Bertz CT molecular complexity index is 503. The Kier molecular flexibility index (Phi) is 6.61. The van der Waals surface area contributed by atoms with Crippen molar-refractivity contribution in [2.75, 3.05) is 5.75 Å². The molecular weight excluding hydrogens is 311 g/mol. The van der Waals surface area contributed by atoms with E-state index in [1.807, 2.05) is 37.3 Å². The highest BCUT2D eigenvalue weighted by Crippen LogP contribution is 2.60. The normalized spacial score (nSPS) is 28.5. The van der Waals surface area contributed by atoms with Gasteiger partial charge < -0.3 is 4.52 Å². The quantitative estimate of drug-likeness (QED) is 0.618. The molecule has 1 fully saturated rings. The van der Waals surface area contributed by atoms with Crippen LogP contribution in [-0.2, 0) is 9.09 Å². The zero-order chi connectivity index (χ0) is 16.2. The Morgan fingerprint density at radius 3 is 2.55 bits per heavy atom. The summed E-state index contributed by atoms with van der Waals surface area (Å²) in [5.74, 6) is 2.57. The van der Waals surface area contributed by atoms with Gasteiger partial charge in [-0.3, -0.25) is 4.57 Å². The first kappa shape index (κ1) is 18.1. The third-order valence-electron chi connectivity index (χ3n) is 4.61. The molecular formula is C18H29O2PS. The van der Waals surface area contributed by atoms with Crippen LogP contribution < -0.4 is 5.30 Å². The van der Waals surface area contributed by atoms with E-state index in [1.165, 1.54) is 24.2 Å². The van der Waals surface area contributed by atoms with Crippen molar-refractivity contribution >= 4 is 23.3 Å². The van der Waals surface area contributed by atoms with Gasteiger partial charge in [0.25, 0.3) is 6.57 Å². The number of benzene rings is 1. The van der Waals surface area contributed by atoms with Crippen LogP contribution in [-0.4, -0.2) is 11.9 Å². The van der Waals surface area contributed by atoms with E-state index in [0.717, 1.165) is 17.5 Å². The van der Waals surface area contributed by atoms with Crippen LogP contribution in [0.3, 0.4) is 0 Å². The fourth-order valence-corrected chi connectivity index (χ4v) is 7.51. The Morgan fingerprint density at radius 2 is 1.95 bits per heavy atom. The van der Waals surface area contributed by atoms with Gasteiger partial charge in [-0.05, 0) is 48.5 Å². The number of hydrogen-bond donors (Lipinski definition) is 0. The van der Waals surface area contributed by atoms with E-state index in [-0.39, 0.29) is 6.10 Å². The molecule has 0 heterocycles. The Balaban J connectivity index is 2.24. The minimum Gasteiger partial charge on any atom is -0.314 e. The summed E-state index contributed by atoms with van der Waals surface area (Å²) in [6.45, 7) is 6.03. The monoisotopic (exact) mass is 340 g/mol. The zero-order valence-electron chi connectivity index (χ0n) is 14.2. The second-order valence-corrected chi connectivity index (χ2v) is 11.5. The van der Waals surface area contributed by atoms with Crippen LogP contribution in [0.4, 0.5) is 0 Å². The molecule has 124 valence electrons. The van der Waals surface area contributed by atoms with Crippen molar-refractivity contribution in [2.45, 2.75) is 53.1 Å². The molecule has 1 saturated carbocycles. The van der Waals surface area contributed by atoms with Crippen molar-refractivity contribution in [3.63, 3.8) is 0 Å². The molecule has 0 saturated heterocycles. The van der Waals surface area contributed by atoms with E-state index < -0.39 is 6.57 Å². The highest BCUT2D eigenvalue weighted by molar-refractivity contribution is 8.58. The molecule has 1 aliphatic rings. The summed E-state index contributed by atoms with van der Waals surface area (Å²) in [5, 5.41) is 0.850. The standard InChI is InChI=1S/C18H29O2PS/c1-5-22-21(19,16-9-7-6-8-10-16)20-18-13-15(4)11-12-17(18)14(2)3/h6-10,14-15,17-18H,5,11-13H2,1-4H3/t15-,17+,18-,21?/m1/s1. The van der Waals surface area contributed by atoms with Gasteiger partial charge >= 0.3 is 0 Å². The summed E-state index contributed by atoms with van der Waals surface area (Å²) < 4.78 is 19.9. The average Bonchev–Trinajstić information content (AvgIpc) is 2.48.